The molecule has 1 aliphatic carbocycles. The van der Waals surface area contributed by atoms with E-state index in [0.717, 1.165) is 19.6 Å². The smallest absolute Gasteiger partial charge is 0.0673 e. The molecule has 0 fully saturated rings. The minimum Gasteiger partial charge on any atom is -0.384 e. The standard InChI is InChI=1S/C8H14O2/c1-9-5-7-3-8(4-7)6-10-2/h3,7H,4-6H2,1-2H3. The van der Waals surface area contributed by atoms with Gasteiger partial charge < -0.3 is 9.47 Å². The lowest BCUT2D eigenvalue weighted by Gasteiger charge is -2.23. The maximum atomic E-state index is 4.99. The van der Waals surface area contributed by atoms with E-state index in [2.05, 4.69) is 6.08 Å². The van der Waals surface area contributed by atoms with Gasteiger partial charge in [-0.3, -0.25) is 0 Å². The zero-order valence-corrected chi connectivity index (χ0v) is 6.59. The monoisotopic (exact) mass is 142 g/mol. The van der Waals surface area contributed by atoms with Crippen LogP contribution in [0.1, 0.15) is 6.42 Å². The second-order valence-electron chi connectivity index (χ2n) is 2.68. The Kier molecular flexibility index (Phi) is 2.90. The molecule has 0 amide bonds. The van der Waals surface area contributed by atoms with Crippen LogP contribution < -0.4 is 0 Å². The highest BCUT2D eigenvalue weighted by molar-refractivity contribution is 5.17. The van der Waals surface area contributed by atoms with Crippen molar-refractivity contribution in [3.8, 4) is 0 Å². The SMILES string of the molecule is COCC1=CC(COC)C1. The Hall–Kier alpha value is -0.340. The predicted molar refractivity (Wildman–Crippen MR) is 39.9 cm³/mol. The molecule has 0 aromatic carbocycles. The Morgan fingerprint density at radius 3 is 2.70 bits per heavy atom. The molecule has 0 aromatic heterocycles. The molecule has 10 heavy (non-hydrogen) atoms. The summed E-state index contributed by atoms with van der Waals surface area (Å²) in [4.78, 5) is 0. The zero-order chi connectivity index (χ0) is 7.40. The van der Waals surface area contributed by atoms with E-state index >= 15 is 0 Å². The predicted octanol–water partition coefficient (Wildman–Crippen LogP) is 1.23. The third-order valence-corrected chi connectivity index (χ3v) is 1.71. The molecule has 1 unspecified atom stereocenters. The molecule has 0 radical (unpaired) electrons. The normalized spacial score (nSPS) is 23.8. The van der Waals surface area contributed by atoms with E-state index < -0.39 is 0 Å². The molecular formula is C8H14O2. The van der Waals surface area contributed by atoms with Gasteiger partial charge in [0.1, 0.15) is 0 Å². The van der Waals surface area contributed by atoms with Crippen molar-refractivity contribution in [2.75, 3.05) is 27.4 Å². The van der Waals surface area contributed by atoms with Crippen LogP contribution in [0.5, 0.6) is 0 Å². The first-order chi connectivity index (χ1) is 4.86. The molecule has 0 aromatic rings. The van der Waals surface area contributed by atoms with Gasteiger partial charge in [0, 0.05) is 20.1 Å². The molecule has 1 rings (SSSR count). The molecule has 58 valence electrons. The average Bonchev–Trinajstić information content (AvgIpc) is 1.84. The molecular weight excluding hydrogens is 128 g/mol. The number of methoxy groups -OCH3 is 2. The van der Waals surface area contributed by atoms with Crippen LogP contribution in [-0.2, 0) is 9.47 Å². The summed E-state index contributed by atoms with van der Waals surface area (Å²) in [7, 11) is 3.46. The summed E-state index contributed by atoms with van der Waals surface area (Å²) in [6, 6.07) is 0. The number of hydrogen-bond acceptors (Lipinski definition) is 2. The van der Waals surface area contributed by atoms with E-state index in [-0.39, 0.29) is 0 Å². The van der Waals surface area contributed by atoms with E-state index in [4.69, 9.17) is 9.47 Å². The molecule has 0 bridgehead atoms. The summed E-state index contributed by atoms with van der Waals surface area (Å²) in [6.45, 7) is 1.65. The summed E-state index contributed by atoms with van der Waals surface area (Å²) in [5.41, 5.74) is 1.41. The van der Waals surface area contributed by atoms with Crippen LogP contribution in [0.3, 0.4) is 0 Å². The van der Waals surface area contributed by atoms with Crippen LogP contribution in [0.25, 0.3) is 0 Å². The minimum absolute atomic E-state index is 0.648. The fraction of sp³-hybridized carbons (Fsp3) is 0.750. The summed E-state index contributed by atoms with van der Waals surface area (Å²) >= 11 is 0. The molecule has 0 aliphatic heterocycles. The topological polar surface area (TPSA) is 18.5 Å². The van der Waals surface area contributed by atoms with Gasteiger partial charge in [-0.25, -0.2) is 0 Å². The highest BCUT2D eigenvalue weighted by Gasteiger charge is 2.17. The fourth-order valence-electron chi connectivity index (χ4n) is 1.25. The second-order valence-corrected chi connectivity index (χ2v) is 2.68. The van der Waals surface area contributed by atoms with Gasteiger partial charge in [-0.15, -0.1) is 0 Å². The Morgan fingerprint density at radius 2 is 2.20 bits per heavy atom. The quantitative estimate of drug-likeness (QED) is 0.549. The summed E-state index contributed by atoms with van der Waals surface area (Å²) in [6.07, 6.45) is 3.38. The number of hydrogen-bond donors (Lipinski definition) is 0. The van der Waals surface area contributed by atoms with Crippen LogP contribution in [0, 0.1) is 5.92 Å². The first-order valence-corrected chi connectivity index (χ1v) is 3.54. The van der Waals surface area contributed by atoms with E-state index in [1.165, 1.54) is 5.57 Å². The van der Waals surface area contributed by atoms with Gasteiger partial charge in [-0.1, -0.05) is 6.08 Å². The Balaban J connectivity index is 2.13. The fourth-order valence-corrected chi connectivity index (χ4v) is 1.25. The largest absolute Gasteiger partial charge is 0.384 e. The maximum absolute atomic E-state index is 4.99. The van der Waals surface area contributed by atoms with Gasteiger partial charge in [0.25, 0.3) is 0 Å². The van der Waals surface area contributed by atoms with Crippen molar-refractivity contribution in [3.63, 3.8) is 0 Å². The van der Waals surface area contributed by atoms with E-state index in [0.29, 0.717) is 5.92 Å². The van der Waals surface area contributed by atoms with E-state index in [1.54, 1.807) is 14.2 Å². The van der Waals surface area contributed by atoms with Crippen molar-refractivity contribution in [1.29, 1.82) is 0 Å². The number of ether oxygens (including phenoxy) is 2. The van der Waals surface area contributed by atoms with Gasteiger partial charge >= 0.3 is 0 Å². The minimum atomic E-state index is 0.648. The highest BCUT2D eigenvalue weighted by atomic mass is 16.5. The Labute approximate surface area is 61.8 Å². The van der Waals surface area contributed by atoms with Crippen molar-refractivity contribution >= 4 is 0 Å². The van der Waals surface area contributed by atoms with Crippen molar-refractivity contribution in [1.82, 2.24) is 0 Å². The van der Waals surface area contributed by atoms with Crippen LogP contribution >= 0.6 is 0 Å². The molecule has 0 saturated heterocycles. The van der Waals surface area contributed by atoms with E-state index in [9.17, 15) is 0 Å². The number of rotatable bonds is 4. The molecule has 2 heteroatoms. The second kappa shape index (κ2) is 3.74. The van der Waals surface area contributed by atoms with Crippen LogP contribution in [0.2, 0.25) is 0 Å². The molecule has 2 nitrogen and oxygen atoms in total. The van der Waals surface area contributed by atoms with Crippen molar-refractivity contribution in [3.05, 3.63) is 11.6 Å². The third kappa shape index (κ3) is 1.82. The first-order valence-electron chi connectivity index (χ1n) is 3.54. The van der Waals surface area contributed by atoms with Gasteiger partial charge in [-0.05, 0) is 12.0 Å². The molecule has 0 heterocycles. The lowest BCUT2D eigenvalue weighted by molar-refractivity contribution is 0.153. The van der Waals surface area contributed by atoms with Crippen molar-refractivity contribution in [2.24, 2.45) is 5.92 Å². The maximum Gasteiger partial charge on any atom is 0.0673 e. The third-order valence-electron chi connectivity index (χ3n) is 1.71. The average molecular weight is 142 g/mol. The van der Waals surface area contributed by atoms with E-state index in [1.807, 2.05) is 0 Å². The van der Waals surface area contributed by atoms with Crippen LogP contribution in [0.15, 0.2) is 11.6 Å². The van der Waals surface area contributed by atoms with Crippen molar-refractivity contribution in [2.45, 2.75) is 6.42 Å². The summed E-state index contributed by atoms with van der Waals surface area (Å²) in [5, 5.41) is 0. The molecule has 0 spiro atoms. The summed E-state index contributed by atoms with van der Waals surface area (Å²) < 4.78 is 9.95. The molecule has 1 aliphatic rings. The molecule has 1 atom stereocenters. The van der Waals surface area contributed by atoms with Gasteiger partial charge in [-0.2, -0.15) is 0 Å². The van der Waals surface area contributed by atoms with Gasteiger partial charge in [0.05, 0.1) is 13.2 Å². The Bertz CT molecular complexity index is 129. The lowest BCUT2D eigenvalue weighted by Crippen LogP contribution is -2.17. The molecule has 0 saturated carbocycles. The first kappa shape index (κ1) is 7.76. The molecule has 0 N–H and O–H groups in total. The zero-order valence-electron chi connectivity index (χ0n) is 6.59. The van der Waals surface area contributed by atoms with Crippen LogP contribution in [-0.4, -0.2) is 27.4 Å². The van der Waals surface area contributed by atoms with Crippen molar-refractivity contribution < 1.29 is 9.47 Å². The highest BCUT2D eigenvalue weighted by Crippen LogP contribution is 2.25. The Morgan fingerprint density at radius 1 is 1.50 bits per heavy atom. The van der Waals surface area contributed by atoms with Gasteiger partial charge in [0.15, 0.2) is 0 Å². The van der Waals surface area contributed by atoms with Gasteiger partial charge in [0.2, 0.25) is 0 Å². The lowest BCUT2D eigenvalue weighted by atomic mass is 9.88. The van der Waals surface area contributed by atoms with Crippen LogP contribution in [0.4, 0.5) is 0 Å². The summed E-state index contributed by atoms with van der Waals surface area (Å²) in [5.74, 6) is 0.648.